The van der Waals surface area contributed by atoms with Crippen molar-refractivity contribution < 1.29 is 27.1 Å². The average molecular weight is 526 g/mol. The van der Waals surface area contributed by atoms with E-state index in [4.69, 9.17) is 4.98 Å². The van der Waals surface area contributed by atoms with Crippen molar-refractivity contribution in [1.82, 2.24) is 24.8 Å². The van der Waals surface area contributed by atoms with E-state index in [0.29, 0.717) is 24.4 Å². The van der Waals surface area contributed by atoms with E-state index in [9.17, 15) is 22.4 Å². The summed E-state index contributed by atoms with van der Waals surface area (Å²) in [7, 11) is 0. The number of aromatic nitrogens is 4. The Morgan fingerprint density at radius 1 is 1.13 bits per heavy atom. The molecule has 0 radical (unpaired) electrons. The maximum absolute atomic E-state index is 13.1. The second-order valence-corrected chi connectivity index (χ2v) is 9.43. The van der Waals surface area contributed by atoms with Crippen molar-refractivity contribution in [1.29, 1.82) is 0 Å². The van der Waals surface area contributed by atoms with Crippen LogP contribution in [-0.4, -0.2) is 51.0 Å². The highest BCUT2D eigenvalue weighted by molar-refractivity contribution is 5.96. The van der Waals surface area contributed by atoms with Gasteiger partial charge in [0.05, 0.1) is 30.2 Å². The van der Waals surface area contributed by atoms with Gasteiger partial charge in [0.25, 0.3) is 11.8 Å². The summed E-state index contributed by atoms with van der Waals surface area (Å²) in [5, 5.41) is 2.97. The second kappa shape index (κ2) is 8.96. The van der Waals surface area contributed by atoms with E-state index in [1.165, 1.54) is 17.0 Å². The Labute approximate surface area is 214 Å². The number of fused-ring (bicyclic) bond motifs is 3. The average Bonchev–Trinajstić information content (AvgIpc) is 3.43. The zero-order valence-electron chi connectivity index (χ0n) is 20.2. The summed E-state index contributed by atoms with van der Waals surface area (Å²) in [6.07, 6.45) is 3.84. The molecule has 1 amide bonds. The topological polar surface area (TPSA) is 85.2 Å². The molecule has 0 unspecified atom stereocenters. The number of rotatable bonds is 6. The van der Waals surface area contributed by atoms with Crippen molar-refractivity contribution in [2.24, 2.45) is 0 Å². The largest absolute Gasteiger partial charge is 0.435 e. The highest BCUT2D eigenvalue weighted by Gasteiger charge is 2.45. The Morgan fingerprint density at radius 3 is 2.61 bits per heavy atom. The smallest absolute Gasteiger partial charge is 0.387 e. The fraction of sp³-hybridized carbons (Fsp3) is 0.308. The summed E-state index contributed by atoms with van der Waals surface area (Å²) in [6.45, 7) is -1.55. The molecule has 1 atom stereocenters. The Balaban J connectivity index is 1.21. The number of imidazole rings is 1. The molecule has 2 aliphatic heterocycles. The quantitative estimate of drug-likeness (QED) is 0.366. The number of carbonyl (C=O) groups is 1. The predicted molar refractivity (Wildman–Crippen MR) is 131 cm³/mol. The first-order chi connectivity index (χ1) is 18.2. The summed E-state index contributed by atoms with van der Waals surface area (Å²) in [6, 6.07) is 9.82. The molecule has 2 aliphatic rings. The number of aryl methyl sites for hydroxylation is 1. The van der Waals surface area contributed by atoms with E-state index < -0.39 is 18.4 Å². The molecule has 0 spiro atoms. The van der Waals surface area contributed by atoms with Gasteiger partial charge in [0.2, 0.25) is 5.95 Å². The Bertz CT molecular complexity index is 1530. The number of nitrogens with one attached hydrogen (secondary N) is 1. The van der Waals surface area contributed by atoms with Crippen molar-refractivity contribution in [3.63, 3.8) is 0 Å². The molecule has 38 heavy (non-hydrogen) atoms. The number of benzene rings is 2. The van der Waals surface area contributed by atoms with E-state index in [0.717, 1.165) is 22.2 Å². The number of carbonyl (C=O) groups excluding carboxylic acids is 1. The maximum atomic E-state index is 13.1. The number of hydrogen-bond acceptors (Lipinski definition) is 6. The molecule has 0 aliphatic carbocycles. The van der Waals surface area contributed by atoms with Gasteiger partial charge >= 0.3 is 6.61 Å². The SMILES string of the molecule is Cc1c(OC(F)F)cccc1C(=O)N[C@@H]1CCn2c1nc1ccc(-c3cnc(N4CC(F)(F)C4)nc3)cc12. The molecule has 6 rings (SSSR count). The molecular weight excluding hydrogens is 504 g/mol. The van der Waals surface area contributed by atoms with Gasteiger partial charge in [0.1, 0.15) is 11.6 Å². The van der Waals surface area contributed by atoms with Crippen LogP contribution in [0.3, 0.4) is 0 Å². The van der Waals surface area contributed by atoms with Crippen molar-refractivity contribution in [2.75, 3.05) is 18.0 Å². The zero-order valence-corrected chi connectivity index (χ0v) is 20.2. The number of anilines is 1. The number of ether oxygens (including phenoxy) is 1. The van der Waals surface area contributed by atoms with Gasteiger partial charge < -0.3 is 19.5 Å². The van der Waals surface area contributed by atoms with Crippen molar-refractivity contribution in [3.8, 4) is 16.9 Å². The number of nitrogens with zero attached hydrogens (tertiary/aromatic N) is 5. The standard InChI is InChI=1S/C26H22F4N6O2/c1-14-17(3-2-4-21(14)38-24(27)28)23(37)34-19-7-8-36-20-9-15(5-6-18(20)33-22(19)36)16-10-31-25(32-11-16)35-12-26(29,30)13-35/h2-6,9-11,19,24H,7-8,12-13H2,1H3,(H,34,37)/t19-/m1/s1. The minimum absolute atomic E-state index is 0.0429. The van der Waals surface area contributed by atoms with Gasteiger partial charge in [-0.2, -0.15) is 8.78 Å². The summed E-state index contributed by atoms with van der Waals surface area (Å²) < 4.78 is 58.2. The van der Waals surface area contributed by atoms with Gasteiger partial charge in [-0.3, -0.25) is 4.79 Å². The molecule has 0 bridgehead atoms. The minimum Gasteiger partial charge on any atom is -0.435 e. The lowest BCUT2D eigenvalue weighted by atomic mass is 10.1. The molecule has 8 nitrogen and oxygen atoms in total. The zero-order chi connectivity index (χ0) is 26.6. The molecule has 1 N–H and O–H groups in total. The van der Waals surface area contributed by atoms with Crippen LogP contribution in [0.15, 0.2) is 48.8 Å². The molecule has 2 aromatic carbocycles. The monoisotopic (exact) mass is 526 g/mol. The van der Waals surface area contributed by atoms with E-state index >= 15 is 0 Å². The molecule has 1 fully saturated rings. The summed E-state index contributed by atoms with van der Waals surface area (Å²) in [5.74, 6) is -2.16. The van der Waals surface area contributed by atoms with Crippen LogP contribution in [0.2, 0.25) is 0 Å². The van der Waals surface area contributed by atoms with Crippen LogP contribution in [0, 0.1) is 6.92 Å². The van der Waals surface area contributed by atoms with Gasteiger partial charge in [-0.25, -0.2) is 23.7 Å². The molecule has 0 saturated carbocycles. The highest BCUT2D eigenvalue weighted by atomic mass is 19.3. The lowest BCUT2D eigenvalue weighted by molar-refractivity contribution is -0.0503. The third-order valence-corrected chi connectivity index (χ3v) is 6.88. The third-order valence-electron chi connectivity index (χ3n) is 6.88. The van der Waals surface area contributed by atoms with Gasteiger partial charge in [0.15, 0.2) is 0 Å². The van der Waals surface area contributed by atoms with Crippen LogP contribution in [0.5, 0.6) is 5.75 Å². The van der Waals surface area contributed by atoms with Gasteiger partial charge in [-0.15, -0.1) is 0 Å². The highest BCUT2D eigenvalue weighted by Crippen LogP contribution is 2.34. The summed E-state index contributed by atoms with van der Waals surface area (Å²) in [4.78, 5) is 27.6. The first-order valence-corrected chi connectivity index (χ1v) is 12.0. The van der Waals surface area contributed by atoms with Crippen molar-refractivity contribution >= 4 is 22.9 Å². The van der Waals surface area contributed by atoms with Crippen LogP contribution in [0.4, 0.5) is 23.5 Å². The minimum atomic E-state index is -2.98. The van der Waals surface area contributed by atoms with Gasteiger partial charge in [0, 0.05) is 35.6 Å². The fourth-order valence-electron chi connectivity index (χ4n) is 4.95. The van der Waals surface area contributed by atoms with Crippen LogP contribution in [0.1, 0.15) is 34.2 Å². The fourth-order valence-corrected chi connectivity index (χ4v) is 4.95. The van der Waals surface area contributed by atoms with Crippen LogP contribution < -0.4 is 15.0 Å². The Hall–Kier alpha value is -4.22. The lowest BCUT2D eigenvalue weighted by Crippen LogP contribution is -2.57. The van der Waals surface area contributed by atoms with Gasteiger partial charge in [-0.1, -0.05) is 12.1 Å². The molecule has 196 valence electrons. The maximum Gasteiger partial charge on any atom is 0.387 e. The molecular formula is C26H22F4N6O2. The van der Waals surface area contributed by atoms with Crippen LogP contribution >= 0.6 is 0 Å². The third kappa shape index (κ3) is 4.29. The van der Waals surface area contributed by atoms with Gasteiger partial charge in [-0.05, 0) is 43.2 Å². The molecule has 12 heteroatoms. The first kappa shape index (κ1) is 24.1. The van der Waals surface area contributed by atoms with E-state index in [2.05, 4.69) is 20.0 Å². The molecule has 4 aromatic rings. The van der Waals surface area contributed by atoms with E-state index in [-0.39, 0.29) is 36.4 Å². The van der Waals surface area contributed by atoms with Crippen molar-refractivity contribution in [3.05, 3.63) is 65.7 Å². The van der Waals surface area contributed by atoms with Crippen LogP contribution in [-0.2, 0) is 6.54 Å². The van der Waals surface area contributed by atoms with E-state index in [1.54, 1.807) is 25.4 Å². The predicted octanol–water partition coefficient (Wildman–Crippen LogP) is 4.73. The number of hydrogen-bond donors (Lipinski definition) is 1. The number of amides is 1. The lowest BCUT2D eigenvalue weighted by Gasteiger charge is -2.38. The Kier molecular flexibility index (Phi) is 5.69. The molecule has 1 saturated heterocycles. The number of alkyl halides is 4. The summed E-state index contributed by atoms with van der Waals surface area (Å²) in [5.41, 5.74) is 3.81. The van der Waals surface area contributed by atoms with E-state index in [1.807, 2.05) is 22.8 Å². The number of halogens is 4. The van der Waals surface area contributed by atoms with Crippen molar-refractivity contribution in [2.45, 2.75) is 38.5 Å². The normalized spacial score (nSPS) is 17.9. The summed E-state index contributed by atoms with van der Waals surface area (Å²) >= 11 is 0. The second-order valence-electron chi connectivity index (χ2n) is 9.43. The molecule has 4 heterocycles. The van der Waals surface area contributed by atoms with Crippen LogP contribution in [0.25, 0.3) is 22.2 Å². The first-order valence-electron chi connectivity index (χ1n) is 12.0. The Morgan fingerprint density at radius 2 is 1.89 bits per heavy atom. The molecule has 2 aromatic heterocycles.